The molecule has 0 saturated carbocycles. The lowest BCUT2D eigenvalue weighted by molar-refractivity contribution is -0.150. The first kappa shape index (κ1) is 27.1. The summed E-state index contributed by atoms with van der Waals surface area (Å²) in [4.78, 5) is 22.1. The number of hydrogen-bond donors (Lipinski definition) is 1. The van der Waals surface area contributed by atoms with Gasteiger partial charge in [0.2, 0.25) is 0 Å². The molecule has 0 aromatic heterocycles. The third kappa shape index (κ3) is 5.50. The molecule has 2 aromatic rings. The van der Waals surface area contributed by atoms with Gasteiger partial charge in [-0.2, -0.15) is 0 Å². The van der Waals surface area contributed by atoms with Gasteiger partial charge in [-0.25, -0.2) is 0 Å². The highest BCUT2D eigenvalue weighted by atomic mass is 16.7. The van der Waals surface area contributed by atoms with Crippen LogP contribution in [0.5, 0.6) is 17.2 Å². The van der Waals surface area contributed by atoms with E-state index in [9.17, 15) is 9.90 Å². The lowest BCUT2D eigenvalue weighted by Gasteiger charge is -2.45. The second-order valence-electron chi connectivity index (χ2n) is 11.0. The van der Waals surface area contributed by atoms with E-state index >= 15 is 0 Å². The lowest BCUT2D eigenvalue weighted by atomic mass is 9.80. The first-order chi connectivity index (χ1) is 18.8. The number of methoxy groups -OCH3 is 1. The Labute approximate surface area is 230 Å². The van der Waals surface area contributed by atoms with Crippen molar-refractivity contribution in [2.75, 3.05) is 46.5 Å². The predicted molar refractivity (Wildman–Crippen MR) is 148 cm³/mol. The van der Waals surface area contributed by atoms with Crippen molar-refractivity contribution >= 4 is 11.8 Å². The monoisotopic (exact) mass is 537 g/mol. The third-order valence-electron chi connectivity index (χ3n) is 8.11. The molecular formula is C30H39N3O6. The van der Waals surface area contributed by atoms with E-state index in [-0.39, 0.29) is 5.60 Å². The molecule has 0 bridgehead atoms. The first-order valence-electron chi connectivity index (χ1n) is 13.8. The van der Waals surface area contributed by atoms with Gasteiger partial charge in [0, 0.05) is 32.7 Å². The third-order valence-corrected chi connectivity index (χ3v) is 8.11. The summed E-state index contributed by atoms with van der Waals surface area (Å²) in [7, 11) is 1.66. The van der Waals surface area contributed by atoms with Crippen LogP contribution in [-0.2, 0) is 16.2 Å². The molecule has 39 heavy (non-hydrogen) atoms. The molecule has 1 N–H and O–H groups in total. The van der Waals surface area contributed by atoms with Crippen molar-refractivity contribution in [3.05, 3.63) is 42.0 Å². The van der Waals surface area contributed by atoms with Crippen molar-refractivity contribution in [3.8, 4) is 28.4 Å². The topological polar surface area (TPSA) is 93.1 Å². The van der Waals surface area contributed by atoms with E-state index in [2.05, 4.69) is 27.1 Å². The van der Waals surface area contributed by atoms with Gasteiger partial charge in [0.05, 0.1) is 37.7 Å². The molecule has 2 aromatic carbocycles. The lowest BCUT2D eigenvalue weighted by Crippen LogP contribution is -2.61. The second-order valence-corrected chi connectivity index (χ2v) is 11.0. The van der Waals surface area contributed by atoms with E-state index in [0.29, 0.717) is 39.1 Å². The Balaban J connectivity index is 1.24. The molecule has 0 atom stereocenters. The zero-order valence-electron chi connectivity index (χ0n) is 23.4. The van der Waals surface area contributed by atoms with Crippen LogP contribution in [0.15, 0.2) is 41.6 Å². The SMILES string of the molecule is CCOc1cc(CN2CC3(CC(N4CCC(C)(C(=O)O)CC4)=NO3)C2)cc(OCC)c1-c1ccc(OC)cc1. The number of likely N-dealkylation sites (tertiary alicyclic amines) is 2. The number of nitrogens with zero attached hydrogens (tertiary/aromatic N) is 3. The Morgan fingerprint density at radius 3 is 2.21 bits per heavy atom. The van der Waals surface area contributed by atoms with E-state index in [1.165, 1.54) is 0 Å². The van der Waals surface area contributed by atoms with Gasteiger partial charge >= 0.3 is 5.97 Å². The zero-order valence-corrected chi connectivity index (χ0v) is 23.4. The number of piperidine rings is 1. The molecule has 2 fully saturated rings. The van der Waals surface area contributed by atoms with Crippen LogP contribution in [0.3, 0.4) is 0 Å². The van der Waals surface area contributed by atoms with Gasteiger partial charge in [-0.05, 0) is 69.0 Å². The Morgan fingerprint density at radius 1 is 1.05 bits per heavy atom. The number of carboxylic acid groups (broad SMARTS) is 1. The number of oxime groups is 1. The highest BCUT2D eigenvalue weighted by Gasteiger charge is 2.51. The fraction of sp³-hybridized carbons (Fsp3) is 0.533. The highest BCUT2D eigenvalue weighted by molar-refractivity contribution is 5.85. The molecule has 0 amide bonds. The molecule has 3 heterocycles. The molecule has 0 aliphatic carbocycles. The van der Waals surface area contributed by atoms with Gasteiger partial charge in [-0.3, -0.25) is 9.69 Å². The van der Waals surface area contributed by atoms with E-state index < -0.39 is 11.4 Å². The van der Waals surface area contributed by atoms with Crippen molar-refractivity contribution in [3.63, 3.8) is 0 Å². The molecule has 0 unspecified atom stereocenters. The fourth-order valence-electron chi connectivity index (χ4n) is 5.77. The summed E-state index contributed by atoms with van der Waals surface area (Å²) in [5, 5.41) is 13.9. The standard InChI is InChI=1S/C30H39N3O6/c1-5-37-24-15-21(16-25(38-6-2)27(24)22-7-9-23(36-4)10-8-22)18-32-19-30(20-32)17-26(31-39-30)33-13-11-29(3,12-14-33)28(34)35/h7-10,15-16H,5-6,11-14,17-20H2,1-4H3,(H,34,35). The van der Waals surface area contributed by atoms with Crippen LogP contribution in [0.4, 0.5) is 0 Å². The quantitative estimate of drug-likeness (QED) is 0.495. The summed E-state index contributed by atoms with van der Waals surface area (Å²) in [6.07, 6.45) is 2.01. The summed E-state index contributed by atoms with van der Waals surface area (Å²) >= 11 is 0. The predicted octanol–water partition coefficient (Wildman–Crippen LogP) is 4.63. The Hall–Kier alpha value is -3.46. The Kier molecular flexibility index (Phi) is 7.62. The minimum atomic E-state index is -0.713. The first-order valence-corrected chi connectivity index (χ1v) is 13.8. The van der Waals surface area contributed by atoms with E-state index in [1.54, 1.807) is 7.11 Å². The fourth-order valence-corrected chi connectivity index (χ4v) is 5.77. The van der Waals surface area contributed by atoms with Gasteiger partial charge in [-0.15, -0.1) is 0 Å². The summed E-state index contributed by atoms with van der Waals surface area (Å²) in [5.74, 6) is 2.65. The maximum absolute atomic E-state index is 11.6. The van der Waals surface area contributed by atoms with Crippen LogP contribution >= 0.6 is 0 Å². The molecule has 210 valence electrons. The number of benzene rings is 2. The maximum Gasteiger partial charge on any atom is 0.309 e. The molecule has 0 radical (unpaired) electrons. The molecule has 2 saturated heterocycles. The maximum atomic E-state index is 11.6. The van der Waals surface area contributed by atoms with Gasteiger partial charge < -0.3 is 29.1 Å². The minimum absolute atomic E-state index is 0.294. The Morgan fingerprint density at radius 2 is 1.67 bits per heavy atom. The van der Waals surface area contributed by atoms with Crippen LogP contribution in [0.25, 0.3) is 11.1 Å². The van der Waals surface area contributed by atoms with Crippen molar-refractivity contribution in [2.24, 2.45) is 10.6 Å². The van der Waals surface area contributed by atoms with Crippen LogP contribution < -0.4 is 14.2 Å². The average molecular weight is 538 g/mol. The second kappa shape index (κ2) is 11.0. The molecule has 3 aliphatic rings. The van der Waals surface area contributed by atoms with Crippen LogP contribution in [-0.4, -0.2) is 78.8 Å². The van der Waals surface area contributed by atoms with Gasteiger partial charge in [0.15, 0.2) is 5.60 Å². The van der Waals surface area contributed by atoms with E-state index in [4.69, 9.17) is 19.0 Å². The van der Waals surface area contributed by atoms with E-state index in [0.717, 1.165) is 65.8 Å². The van der Waals surface area contributed by atoms with E-state index in [1.807, 2.05) is 45.0 Å². The van der Waals surface area contributed by atoms with Crippen LogP contribution in [0, 0.1) is 5.41 Å². The summed E-state index contributed by atoms with van der Waals surface area (Å²) in [5.41, 5.74) is 2.14. The molecule has 9 heteroatoms. The smallest absolute Gasteiger partial charge is 0.309 e. The normalized spacial score (nSPS) is 19.7. The van der Waals surface area contributed by atoms with Gasteiger partial charge in [-0.1, -0.05) is 17.3 Å². The highest BCUT2D eigenvalue weighted by Crippen LogP contribution is 2.42. The summed E-state index contributed by atoms with van der Waals surface area (Å²) in [6, 6.07) is 12.2. The average Bonchev–Trinajstić information content (AvgIpc) is 3.35. The Bertz CT molecular complexity index is 1190. The summed E-state index contributed by atoms with van der Waals surface area (Å²) in [6.45, 7) is 10.7. The zero-order chi connectivity index (χ0) is 27.6. The number of carboxylic acids is 1. The molecule has 5 rings (SSSR count). The van der Waals surface area contributed by atoms with Crippen molar-refractivity contribution in [1.82, 2.24) is 9.80 Å². The van der Waals surface area contributed by atoms with Gasteiger partial charge in [0.25, 0.3) is 0 Å². The number of ether oxygens (including phenoxy) is 3. The largest absolute Gasteiger partial charge is 0.497 e. The number of carbonyl (C=O) groups is 1. The molecule has 9 nitrogen and oxygen atoms in total. The van der Waals surface area contributed by atoms with Crippen molar-refractivity contribution < 1.29 is 28.9 Å². The number of rotatable bonds is 9. The van der Waals surface area contributed by atoms with Crippen LogP contribution in [0.1, 0.15) is 45.6 Å². The molecule has 1 spiro atoms. The van der Waals surface area contributed by atoms with Crippen molar-refractivity contribution in [2.45, 2.75) is 52.2 Å². The molecule has 3 aliphatic heterocycles. The minimum Gasteiger partial charge on any atom is -0.497 e. The number of hydrogen-bond acceptors (Lipinski definition) is 8. The van der Waals surface area contributed by atoms with Crippen LogP contribution in [0.2, 0.25) is 0 Å². The summed E-state index contributed by atoms with van der Waals surface area (Å²) < 4.78 is 17.5. The van der Waals surface area contributed by atoms with Crippen molar-refractivity contribution in [1.29, 1.82) is 0 Å². The molecular weight excluding hydrogens is 498 g/mol. The number of amidine groups is 1. The number of aliphatic carboxylic acids is 1. The van der Waals surface area contributed by atoms with Gasteiger partial charge in [0.1, 0.15) is 23.1 Å².